The zero-order valence-corrected chi connectivity index (χ0v) is 9.87. The van der Waals surface area contributed by atoms with E-state index in [-0.39, 0.29) is 5.25 Å². The topological polar surface area (TPSA) is 86.2 Å². The summed E-state index contributed by atoms with van der Waals surface area (Å²) in [6, 6.07) is 1.74. The molecule has 5 nitrogen and oxygen atoms in total. The predicted octanol–water partition coefficient (Wildman–Crippen LogP) is 0.643. The van der Waals surface area contributed by atoms with Crippen molar-refractivity contribution < 1.29 is 12.9 Å². The Labute approximate surface area is 94.9 Å². The van der Waals surface area contributed by atoms with Gasteiger partial charge in [0.1, 0.15) is 5.76 Å². The molecule has 1 aromatic rings. The summed E-state index contributed by atoms with van der Waals surface area (Å²) in [5.41, 5.74) is 6.08. The third kappa shape index (κ3) is 2.44. The molecular weight excluding hydrogens is 228 g/mol. The highest BCUT2D eigenvalue weighted by Gasteiger charge is 2.29. The minimum absolute atomic E-state index is 0.301. The van der Waals surface area contributed by atoms with Crippen LogP contribution in [-0.2, 0) is 22.8 Å². The smallest absolute Gasteiger partial charge is 0.153 e. The molecule has 1 aromatic heterocycles. The Bertz CT molecular complexity index is 452. The van der Waals surface area contributed by atoms with Crippen molar-refractivity contribution in [2.24, 2.45) is 5.73 Å². The third-order valence-electron chi connectivity index (χ3n) is 2.96. The molecule has 1 atom stereocenters. The fourth-order valence-corrected chi connectivity index (χ4v) is 3.91. The average molecular weight is 244 g/mol. The van der Waals surface area contributed by atoms with E-state index in [2.05, 4.69) is 5.16 Å². The molecule has 0 bridgehead atoms. The second-order valence-corrected chi connectivity index (χ2v) is 6.58. The van der Waals surface area contributed by atoms with E-state index in [4.69, 9.17) is 10.3 Å². The van der Waals surface area contributed by atoms with E-state index in [1.165, 1.54) is 0 Å². The van der Waals surface area contributed by atoms with E-state index in [0.717, 1.165) is 19.3 Å². The van der Waals surface area contributed by atoms with Gasteiger partial charge in [-0.25, -0.2) is 8.42 Å². The summed E-state index contributed by atoms with van der Waals surface area (Å²) < 4.78 is 28.6. The quantitative estimate of drug-likeness (QED) is 0.843. The fraction of sp³-hybridized carbons (Fsp3) is 0.700. The van der Waals surface area contributed by atoms with Crippen LogP contribution in [0.15, 0.2) is 10.6 Å². The molecule has 1 aliphatic heterocycles. The van der Waals surface area contributed by atoms with Gasteiger partial charge in [-0.1, -0.05) is 11.6 Å². The lowest BCUT2D eigenvalue weighted by Gasteiger charge is -2.20. The lowest BCUT2D eigenvalue weighted by atomic mass is 10.1. The first-order chi connectivity index (χ1) is 7.62. The van der Waals surface area contributed by atoms with Crippen LogP contribution in [-0.4, -0.2) is 24.6 Å². The number of hydrogen-bond acceptors (Lipinski definition) is 5. The Hall–Kier alpha value is -0.880. The maximum absolute atomic E-state index is 11.8. The maximum atomic E-state index is 11.8. The van der Waals surface area contributed by atoms with Gasteiger partial charge in [0.05, 0.1) is 16.7 Å². The van der Waals surface area contributed by atoms with Crippen molar-refractivity contribution in [2.75, 3.05) is 5.75 Å². The molecule has 2 heterocycles. The Balaban J connectivity index is 2.08. The minimum atomic E-state index is -2.94. The standard InChI is InChI=1S/C10H16N2O3S/c11-7-8-5-9(15-12-8)6-10-3-1-2-4-16(10,13)14/h5,10H,1-4,6-7,11H2. The minimum Gasteiger partial charge on any atom is -0.361 e. The van der Waals surface area contributed by atoms with Gasteiger partial charge in [-0.05, 0) is 12.8 Å². The lowest BCUT2D eigenvalue weighted by molar-refractivity contribution is 0.371. The van der Waals surface area contributed by atoms with Crippen LogP contribution in [0.1, 0.15) is 30.7 Å². The average Bonchev–Trinajstić information content (AvgIpc) is 2.69. The van der Waals surface area contributed by atoms with Gasteiger partial charge in [-0.2, -0.15) is 0 Å². The summed E-state index contributed by atoms with van der Waals surface area (Å²) in [4.78, 5) is 0. The van der Waals surface area contributed by atoms with Crippen LogP contribution in [0.25, 0.3) is 0 Å². The van der Waals surface area contributed by atoms with Crippen molar-refractivity contribution in [2.45, 2.75) is 37.5 Å². The van der Waals surface area contributed by atoms with Crippen molar-refractivity contribution >= 4 is 9.84 Å². The molecule has 90 valence electrons. The zero-order valence-electron chi connectivity index (χ0n) is 9.05. The maximum Gasteiger partial charge on any atom is 0.153 e. The fourth-order valence-electron chi connectivity index (χ4n) is 2.02. The first kappa shape index (κ1) is 11.6. The number of hydrogen-bond donors (Lipinski definition) is 1. The Morgan fingerprint density at radius 2 is 2.31 bits per heavy atom. The van der Waals surface area contributed by atoms with E-state index in [9.17, 15) is 8.42 Å². The van der Waals surface area contributed by atoms with Crippen LogP contribution in [0.5, 0.6) is 0 Å². The molecule has 0 saturated carbocycles. The molecule has 1 aliphatic rings. The van der Waals surface area contributed by atoms with E-state index < -0.39 is 9.84 Å². The lowest BCUT2D eigenvalue weighted by Crippen LogP contribution is -2.30. The Morgan fingerprint density at radius 1 is 1.50 bits per heavy atom. The number of sulfone groups is 1. The van der Waals surface area contributed by atoms with E-state index in [1.54, 1.807) is 6.07 Å². The summed E-state index contributed by atoms with van der Waals surface area (Å²) >= 11 is 0. The first-order valence-electron chi connectivity index (χ1n) is 5.48. The highest BCUT2D eigenvalue weighted by atomic mass is 32.2. The monoisotopic (exact) mass is 244 g/mol. The second kappa shape index (κ2) is 4.55. The highest BCUT2D eigenvalue weighted by Crippen LogP contribution is 2.23. The number of nitrogens with two attached hydrogens (primary N) is 1. The number of aromatic nitrogens is 1. The molecule has 6 heteroatoms. The van der Waals surface area contributed by atoms with Crippen molar-refractivity contribution in [1.82, 2.24) is 5.16 Å². The predicted molar refractivity (Wildman–Crippen MR) is 59.5 cm³/mol. The van der Waals surface area contributed by atoms with Crippen molar-refractivity contribution in [3.05, 3.63) is 17.5 Å². The van der Waals surface area contributed by atoms with Crippen molar-refractivity contribution in [1.29, 1.82) is 0 Å². The zero-order chi connectivity index (χ0) is 11.6. The molecule has 16 heavy (non-hydrogen) atoms. The normalized spacial score (nSPS) is 24.4. The van der Waals surface area contributed by atoms with Crippen LogP contribution < -0.4 is 5.73 Å². The van der Waals surface area contributed by atoms with E-state index in [1.807, 2.05) is 0 Å². The van der Waals surface area contributed by atoms with Gasteiger partial charge in [-0.3, -0.25) is 0 Å². The van der Waals surface area contributed by atoms with E-state index >= 15 is 0 Å². The largest absolute Gasteiger partial charge is 0.361 e. The summed E-state index contributed by atoms with van der Waals surface area (Å²) in [6.07, 6.45) is 2.90. The molecule has 0 aromatic carbocycles. The molecule has 0 aliphatic carbocycles. The van der Waals surface area contributed by atoms with Gasteiger partial charge in [-0.15, -0.1) is 0 Å². The molecule has 2 rings (SSSR count). The summed E-state index contributed by atoms with van der Waals surface area (Å²) in [5, 5.41) is 3.45. The van der Waals surface area contributed by atoms with Crippen molar-refractivity contribution in [3.63, 3.8) is 0 Å². The van der Waals surface area contributed by atoms with Gasteiger partial charge in [0.15, 0.2) is 9.84 Å². The SMILES string of the molecule is NCc1cc(CC2CCCCS2(=O)=O)on1. The molecular formula is C10H16N2O3S. The Kier molecular flexibility index (Phi) is 3.30. The summed E-state index contributed by atoms with van der Waals surface area (Å²) in [7, 11) is -2.94. The second-order valence-electron chi connectivity index (χ2n) is 4.18. The van der Waals surface area contributed by atoms with Gasteiger partial charge >= 0.3 is 0 Å². The van der Waals surface area contributed by atoms with Crippen LogP contribution in [0.3, 0.4) is 0 Å². The summed E-state index contributed by atoms with van der Waals surface area (Å²) in [5.74, 6) is 0.922. The van der Waals surface area contributed by atoms with E-state index in [0.29, 0.717) is 30.2 Å². The number of nitrogens with zero attached hydrogens (tertiary/aromatic N) is 1. The molecule has 2 N–H and O–H groups in total. The van der Waals surface area contributed by atoms with Gasteiger partial charge in [0.2, 0.25) is 0 Å². The van der Waals surface area contributed by atoms with Gasteiger partial charge < -0.3 is 10.3 Å². The van der Waals surface area contributed by atoms with Crippen molar-refractivity contribution in [3.8, 4) is 0 Å². The Morgan fingerprint density at radius 3 is 2.94 bits per heavy atom. The van der Waals surface area contributed by atoms with Gasteiger partial charge in [0, 0.05) is 19.0 Å². The van der Waals surface area contributed by atoms with Crippen LogP contribution >= 0.6 is 0 Å². The number of rotatable bonds is 3. The van der Waals surface area contributed by atoms with Crippen LogP contribution in [0, 0.1) is 0 Å². The molecule has 1 fully saturated rings. The molecule has 1 unspecified atom stereocenters. The first-order valence-corrected chi connectivity index (χ1v) is 7.19. The highest BCUT2D eigenvalue weighted by molar-refractivity contribution is 7.92. The van der Waals surface area contributed by atoms with Gasteiger partial charge in [0.25, 0.3) is 0 Å². The third-order valence-corrected chi connectivity index (χ3v) is 5.23. The molecule has 0 spiro atoms. The molecule has 0 radical (unpaired) electrons. The molecule has 0 amide bonds. The van der Waals surface area contributed by atoms with Crippen LogP contribution in [0.2, 0.25) is 0 Å². The van der Waals surface area contributed by atoms with Crippen LogP contribution in [0.4, 0.5) is 0 Å². The summed E-state index contributed by atoms with van der Waals surface area (Å²) in [6.45, 7) is 0.320. The molecule has 1 saturated heterocycles.